The van der Waals surface area contributed by atoms with Crippen molar-refractivity contribution in [3.63, 3.8) is 0 Å². The lowest BCUT2D eigenvalue weighted by Crippen LogP contribution is -2.15. The minimum absolute atomic E-state index is 0.436. The molecule has 0 aromatic heterocycles. The second kappa shape index (κ2) is 5.59. The lowest BCUT2D eigenvalue weighted by molar-refractivity contribution is -0.132. The number of hydrogen-bond donors (Lipinski definition) is 2. The fourth-order valence-electron chi connectivity index (χ4n) is 1.37. The Balaban J connectivity index is 2.40. The van der Waals surface area contributed by atoms with E-state index in [9.17, 15) is 4.79 Å². The van der Waals surface area contributed by atoms with E-state index >= 15 is 0 Å². The summed E-state index contributed by atoms with van der Waals surface area (Å²) in [5.74, 6) is -0.0687. The first kappa shape index (κ1) is 11.8. The van der Waals surface area contributed by atoms with Crippen molar-refractivity contribution in [1.82, 2.24) is 5.32 Å². The van der Waals surface area contributed by atoms with Crippen LogP contribution >= 0.6 is 0 Å². The first-order chi connectivity index (χ1) is 7.13. The van der Waals surface area contributed by atoms with Crippen molar-refractivity contribution in [3.8, 4) is 0 Å². The van der Waals surface area contributed by atoms with Gasteiger partial charge < -0.3 is 10.4 Å². The molecule has 0 aliphatic heterocycles. The fourth-order valence-corrected chi connectivity index (χ4v) is 1.37. The third-order valence-corrected chi connectivity index (χ3v) is 2.46. The second-order valence-corrected chi connectivity index (χ2v) is 4.07. The largest absolute Gasteiger partial charge is 0.478 e. The molecule has 0 saturated heterocycles. The maximum Gasteiger partial charge on any atom is 0.331 e. The van der Waals surface area contributed by atoms with Gasteiger partial charge in [0.15, 0.2) is 0 Å². The predicted molar refractivity (Wildman–Crippen MR) is 60.5 cm³/mol. The number of carboxylic acid groups (broad SMARTS) is 1. The first-order valence-electron chi connectivity index (χ1n) is 5.50. The number of nitrogens with one attached hydrogen (secondary N) is 1. The van der Waals surface area contributed by atoms with Gasteiger partial charge in [-0.25, -0.2) is 4.79 Å². The predicted octanol–water partition coefficient (Wildman–Crippen LogP) is 2.31. The summed E-state index contributed by atoms with van der Waals surface area (Å²) in [6, 6.07) is 0. The number of aliphatic carboxylic acids is 1. The molecule has 0 aromatic rings. The Labute approximate surface area is 90.9 Å². The molecule has 2 N–H and O–H groups in total. The van der Waals surface area contributed by atoms with Gasteiger partial charge in [0.1, 0.15) is 0 Å². The third-order valence-electron chi connectivity index (χ3n) is 2.46. The third kappa shape index (κ3) is 4.68. The molecule has 0 spiro atoms. The van der Waals surface area contributed by atoms with Crippen LogP contribution in [-0.4, -0.2) is 17.6 Å². The van der Waals surface area contributed by atoms with Crippen molar-refractivity contribution in [2.75, 3.05) is 6.54 Å². The molecule has 0 unspecified atom stereocenters. The SMILES string of the molecule is C=C(/C=C(\CCC)C(=O)O)NCC1CC1. The molecule has 0 heterocycles. The van der Waals surface area contributed by atoms with Crippen LogP contribution in [0, 0.1) is 5.92 Å². The van der Waals surface area contributed by atoms with E-state index in [1.807, 2.05) is 6.92 Å². The van der Waals surface area contributed by atoms with E-state index in [-0.39, 0.29) is 0 Å². The molecule has 1 aliphatic carbocycles. The molecular formula is C12H19NO2. The molecule has 3 nitrogen and oxygen atoms in total. The summed E-state index contributed by atoms with van der Waals surface area (Å²) in [5, 5.41) is 12.1. The van der Waals surface area contributed by atoms with Crippen molar-refractivity contribution in [1.29, 1.82) is 0 Å². The zero-order valence-electron chi connectivity index (χ0n) is 9.25. The van der Waals surface area contributed by atoms with Gasteiger partial charge in [-0.15, -0.1) is 0 Å². The minimum Gasteiger partial charge on any atom is -0.478 e. The zero-order chi connectivity index (χ0) is 11.3. The first-order valence-corrected chi connectivity index (χ1v) is 5.50. The molecule has 0 radical (unpaired) electrons. The molecular weight excluding hydrogens is 190 g/mol. The topological polar surface area (TPSA) is 49.3 Å². The van der Waals surface area contributed by atoms with Crippen LogP contribution in [0.2, 0.25) is 0 Å². The van der Waals surface area contributed by atoms with Crippen LogP contribution in [0.3, 0.4) is 0 Å². The van der Waals surface area contributed by atoms with Crippen LogP contribution < -0.4 is 5.32 Å². The van der Waals surface area contributed by atoms with Gasteiger partial charge in [0, 0.05) is 17.8 Å². The van der Waals surface area contributed by atoms with Crippen molar-refractivity contribution >= 4 is 5.97 Å². The Morgan fingerprint density at radius 2 is 2.27 bits per heavy atom. The van der Waals surface area contributed by atoms with Gasteiger partial charge in [0.25, 0.3) is 0 Å². The lowest BCUT2D eigenvalue weighted by Gasteiger charge is -2.06. The fraction of sp³-hybridized carbons (Fsp3) is 0.583. The maximum atomic E-state index is 10.8. The number of allylic oxidation sites excluding steroid dienone is 1. The Kier molecular flexibility index (Phi) is 4.40. The highest BCUT2D eigenvalue weighted by Gasteiger charge is 2.20. The molecule has 0 atom stereocenters. The Bertz CT molecular complexity index is 277. The summed E-state index contributed by atoms with van der Waals surface area (Å²) in [5.41, 5.74) is 1.15. The standard InChI is InChI=1S/C12H19NO2/c1-3-4-11(12(14)15)7-9(2)13-8-10-5-6-10/h7,10,13H,2-6,8H2,1H3,(H,14,15)/b11-7+. The second-order valence-electron chi connectivity index (χ2n) is 4.07. The van der Waals surface area contributed by atoms with Gasteiger partial charge in [-0.3, -0.25) is 0 Å². The molecule has 0 aromatic carbocycles. The molecule has 0 bridgehead atoms. The Morgan fingerprint density at radius 3 is 2.73 bits per heavy atom. The highest BCUT2D eigenvalue weighted by molar-refractivity contribution is 5.87. The highest BCUT2D eigenvalue weighted by Crippen LogP contribution is 2.27. The maximum absolute atomic E-state index is 10.8. The zero-order valence-corrected chi connectivity index (χ0v) is 9.25. The van der Waals surface area contributed by atoms with Crippen LogP contribution in [0.25, 0.3) is 0 Å². The van der Waals surface area contributed by atoms with Gasteiger partial charge in [0.05, 0.1) is 0 Å². The van der Waals surface area contributed by atoms with Crippen LogP contribution in [-0.2, 0) is 4.79 Å². The number of rotatable bonds is 7. The summed E-state index contributed by atoms with van der Waals surface area (Å²) in [6.45, 7) is 6.70. The average Bonchev–Trinajstić information content (AvgIpc) is 2.97. The van der Waals surface area contributed by atoms with Crippen molar-refractivity contribution in [3.05, 3.63) is 23.9 Å². The van der Waals surface area contributed by atoms with E-state index in [1.54, 1.807) is 6.08 Å². The summed E-state index contributed by atoms with van der Waals surface area (Å²) in [4.78, 5) is 10.8. The summed E-state index contributed by atoms with van der Waals surface area (Å²) >= 11 is 0. The van der Waals surface area contributed by atoms with E-state index in [1.165, 1.54) is 12.8 Å². The van der Waals surface area contributed by atoms with E-state index in [4.69, 9.17) is 5.11 Å². The Morgan fingerprint density at radius 1 is 1.60 bits per heavy atom. The van der Waals surface area contributed by atoms with Crippen LogP contribution in [0.1, 0.15) is 32.6 Å². The lowest BCUT2D eigenvalue weighted by atomic mass is 10.1. The summed E-state index contributed by atoms with van der Waals surface area (Å²) < 4.78 is 0. The van der Waals surface area contributed by atoms with Gasteiger partial charge in [-0.05, 0) is 31.3 Å². The van der Waals surface area contributed by atoms with Crippen molar-refractivity contribution in [2.45, 2.75) is 32.6 Å². The molecule has 1 fully saturated rings. The monoisotopic (exact) mass is 209 g/mol. The quantitative estimate of drug-likeness (QED) is 0.499. The van der Waals surface area contributed by atoms with Crippen molar-refractivity contribution in [2.24, 2.45) is 5.92 Å². The van der Waals surface area contributed by atoms with Crippen LogP contribution in [0.5, 0.6) is 0 Å². The smallest absolute Gasteiger partial charge is 0.331 e. The van der Waals surface area contributed by atoms with Gasteiger partial charge in [-0.1, -0.05) is 19.9 Å². The summed E-state index contributed by atoms with van der Waals surface area (Å²) in [6.07, 6.45) is 5.65. The van der Waals surface area contributed by atoms with E-state index in [0.717, 1.165) is 18.9 Å². The van der Waals surface area contributed by atoms with Crippen LogP contribution in [0.4, 0.5) is 0 Å². The highest BCUT2D eigenvalue weighted by atomic mass is 16.4. The molecule has 1 aliphatic rings. The molecule has 84 valence electrons. The number of carbonyl (C=O) groups is 1. The van der Waals surface area contributed by atoms with E-state index < -0.39 is 5.97 Å². The van der Waals surface area contributed by atoms with E-state index in [2.05, 4.69) is 11.9 Å². The summed E-state index contributed by atoms with van der Waals surface area (Å²) in [7, 11) is 0. The van der Waals surface area contributed by atoms with Gasteiger partial charge in [-0.2, -0.15) is 0 Å². The molecule has 0 amide bonds. The normalized spacial score (nSPS) is 16.2. The molecule has 1 saturated carbocycles. The average molecular weight is 209 g/mol. The van der Waals surface area contributed by atoms with Gasteiger partial charge in [0.2, 0.25) is 0 Å². The molecule has 3 heteroatoms. The number of hydrogen-bond acceptors (Lipinski definition) is 2. The van der Waals surface area contributed by atoms with E-state index in [0.29, 0.717) is 17.7 Å². The van der Waals surface area contributed by atoms with Crippen LogP contribution in [0.15, 0.2) is 23.9 Å². The minimum atomic E-state index is -0.841. The molecule has 1 rings (SSSR count). The number of carboxylic acids is 1. The Hall–Kier alpha value is -1.25. The van der Waals surface area contributed by atoms with Gasteiger partial charge >= 0.3 is 5.97 Å². The molecule has 15 heavy (non-hydrogen) atoms. The van der Waals surface area contributed by atoms with Crippen molar-refractivity contribution < 1.29 is 9.90 Å².